The first-order chi connectivity index (χ1) is 13.8. The fraction of sp³-hybridized carbons (Fsp3) is 0.130. The summed E-state index contributed by atoms with van der Waals surface area (Å²) in [6, 6.07) is 17.6. The van der Waals surface area contributed by atoms with E-state index in [1.54, 1.807) is 18.2 Å². The van der Waals surface area contributed by atoms with Gasteiger partial charge in [0.2, 0.25) is 0 Å². The Morgan fingerprint density at radius 2 is 1.93 bits per heavy atom. The molecule has 0 atom stereocenters. The van der Waals surface area contributed by atoms with Crippen LogP contribution in [0.15, 0.2) is 58.6 Å². The second kappa shape index (κ2) is 8.97. The van der Waals surface area contributed by atoms with E-state index >= 15 is 0 Å². The van der Waals surface area contributed by atoms with Crippen LogP contribution in [0.1, 0.15) is 22.5 Å². The van der Waals surface area contributed by atoms with Crippen LogP contribution in [0, 0.1) is 35.7 Å². The predicted octanol–water partition coefficient (Wildman–Crippen LogP) is 6.32. The Labute approximate surface area is 192 Å². The second-order valence-corrected chi connectivity index (χ2v) is 8.81. The Morgan fingerprint density at radius 1 is 1.17 bits per heavy atom. The van der Waals surface area contributed by atoms with Crippen molar-refractivity contribution >= 4 is 56.2 Å². The number of rotatable bonds is 4. The van der Waals surface area contributed by atoms with Crippen molar-refractivity contribution in [2.75, 3.05) is 5.32 Å². The van der Waals surface area contributed by atoms with Crippen LogP contribution in [0.5, 0.6) is 0 Å². The van der Waals surface area contributed by atoms with Crippen molar-refractivity contribution in [1.82, 2.24) is 4.57 Å². The van der Waals surface area contributed by atoms with Crippen LogP contribution in [0.3, 0.4) is 0 Å². The van der Waals surface area contributed by atoms with Gasteiger partial charge in [-0.3, -0.25) is 4.79 Å². The number of aromatic nitrogens is 1. The van der Waals surface area contributed by atoms with Gasteiger partial charge in [0, 0.05) is 30.8 Å². The van der Waals surface area contributed by atoms with Crippen LogP contribution < -0.4 is 5.32 Å². The van der Waals surface area contributed by atoms with Gasteiger partial charge < -0.3 is 9.88 Å². The molecule has 0 radical (unpaired) electrons. The number of halogens is 2. The minimum absolute atomic E-state index is 0.0593. The first kappa shape index (κ1) is 21.3. The third kappa shape index (κ3) is 4.80. The summed E-state index contributed by atoms with van der Waals surface area (Å²) in [4.78, 5) is 12.6. The number of hydrogen-bond donors (Lipinski definition) is 1. The van der Waals surface area contributed by atoms with Gasteiger partial charge >= 0.3 is 0 Å². The van der Waals surface area contributed by atoms with Gasteiger partial charge in [-0.25, -0.2) is 0 Å². The molecule has 0 unspecified atom stereocenters. The third-order valence-corrected chi connectivity index (χ3v) is 6.32. The molecule has 29 heavy (non-hydrogen) atoms. The van der Waals surface area contributed by atoms with E-state index in [1.807, 2.05) is 38.1 Å². The summed E-state index contributed by atoms with van der Waals surface area (Å²) in [5.74, 6) is -0.430. The van der Waals surface area contributed by atoms with Crippen LogP contribution >= 0.6 is 38.5 Å². The maximum Gasteiger partial charge on any atom is 0.266 e. The van der Waals surface area contributed by atoms with Gasteiger partial charge in [0.1, 0.15) is 11.6 Å². The molecule has 1 heterocycles. The van der Waals surface area contributed by atoms with Gasteiger partial charge in [0.15, 0.2) is 0 Å². The van der Waals surface area contributed by atoms with Gasteiger partial charge in [0.25, 0.3) is 5.91 Å². The molecule has 1 N–H and O–H groups in total. The van der Waals surface area contributed by atoms with E-state index in [0.29, 0.717) is 5.69 Å². The van der Waals surface area contributed by atoms with E-state index in [1.165, 1.54) is 9.13 Å². The molecule has 0 aliphatic carbocycles. The van der Waals surface area contributed by atoms with Crippen LogP contribution in [0.25, 0.3) is 11.8 Å². The van der Waals surface area contributed by atoms with Gasteiger partial charge in [-0.2, -0.15) is 5.26 Å². The molecule has 6 heteroatoms. The van der Waals surface area contributed by atoms with Crippen LogP contribution in [0.2, 0.25) is 0 Å². The number of aryl methyl sites for hydroxylation is 2. The molecule has 0 bridgehead atoms. The van der Waals surface area contributed by atoms with E-state index in [0.717, 1.165) is 27.1 Å². The quantitative estimate of drug-likeness (QED) is 0.231. The molecule has 146 valence electrons. The Bertz CT molecular complexity index is 1170. The molecular formula is C23H19BrIN3O. The molecule has 1 amide bonds. The van der Waals surface area contributed by atoms with Gasteiger partial charge in [-0.05, 0) is 103 Å². The molecule has 3 rings (SSSR count). The highest BCUT2D eigenvalue weighted by Gasteiger charge is 2.14. The van der Waals surface area contributed by atoms with Crippen molar-refractivity contribution in [1.29, 1.82) is 5.26 Å². The Hall–Kier alpha value is -2.37. The van der Waals surface area contributed by atoms with Crippen molar-refractivity contribution in [2.24, 2.45) is 0 Å². The summed E-state index contributed by atoms with van der Waals surface area (Å²) in [6.07, 6.45) is 1.64. The van der Waals surface area contributed by atoms with E-state index < -0.39 is 5.91 Å². The highest BCUT2D eigenvalue weighted by molar-refractivity contribution is 14.1. The topological polar surface area (TPSA) is 57.8 Å². The molecule has 1 aromatic heterocycles. The van der Waals surface area contributed by atoms with E-state index in [2.05, 4.69) is 73.5 Å². The molecule has 4 nitrogen and oxygen atoms in total. The van der Waals surface area contributed by atoms with E-state index in [-0.39, 0.29) is 5.57 Å². The van der Waals surface area contributed by atoms with E-state index in [9.17, 15) is 10.1 Å². The van der Waals surface area contributed by atoms with Gasteiger partial charge in [0.05, 0.1) is 0 Å². The second-order valence-electron chi connectivity index (χ2n) is 6.73. The fourth-order valence-corrected chi connectivity index (χ4v) is 3.90. The molecule has 0 spiro atoms. The summed E-state index contributed by atoms with van der Waals surface area (Å²) in [5.41, 5.74) is 5.83. The first-order valence-corrected chi connectivity index (χ1v) is 10.8. The fourth-order valence-electron chi connectivity index (χ4n) is 3.17. The van der Waals surface area contributed by atoms with Gasteiger partial charge in [-0.15, -0.1) is 0 Å². The highest BCUT2D eigenvalue weighted by atomic mass is 127. The Kier molecular flexibility index (Phi) is 6.60. The Balaban J connectivity index is 1.95. The van der Waals surface area contributed by atoms with Crippen molar-refractivity contribution in [2.45, 2.75) is 20.8 Å². The van der Waals surface area contributed by atoms with Crippen molar-refractivity contribution in [3.8, 4) is 11.8 Å². The zero-order valence-electron chi connectivity index (χ0n) is 16.3. The number of nitrogens with one attached hydrogen (secondary N) is 1. The monoisotopic (exact) mass is 559 g/mol. The number of nitriles is 1. The standard InChI is InChI=1S/C23H19BrIN3O/c1-14-9-21(7-8-22(14)25)28-15(2)10-17(16(28)3)11-18(13-26)23(29)27-20-6-4-5-19(24)12-20/h4-12H,1-3H3,(H,27,29)/b18-11+. The average molecular weight is 560 g/mol. The molecule has 0 saturated carbocycles. The summed E-state index contributed by atoms with van der Waals surface area (Å²) < 4.78 is 4.20. The number of nitrogens with zero attached hydrogens (tertiary/aromatic N) is 2. The molecule has 3 aromatic rings. The average Bonchev–Trinajstić information content (AvgIpc) is 2.95. The molecule has 0 saturated heterocycles. The highest BCUT2D eigenvalue weighted by Crippen LogP contribution is 2.25. The number of amides is 1. The maximum atomic E-state index is 12.6. The lowest BCUT2D eigenvalue weighted by Crippen LogP contribution is -2.13. The van der Waals surface area contributed by atoms with Crippen LogP contribution in [-0.2, 0) is 4.79 Å². The summed E-state index contributed by atoms with van der Waals surface area (Å²) in [7, 11) is 0. The number of hydrogen-bond acceptors (Lipinski definition) is 2. The Morgan fingerprint density at radius 3 is 2.59 bits per heavy atom. The first-order valence-electron chi connectivity index (χ1n) is 8.94. The normalized spacial score (nSPS) is 11.2. The zero-order chi connectivity index (χ0) is 21.1. The summed E-state index contributed by atoms with van der Waals surface area (Å²) >= 11 is 5.70. The number of carbonyl (C=O) groups is 1. The smallest absolute Gasteiger partial charge is 0.266 e. The minimum atomic E-state index is -0.430. The van der Waals surface area contributed by atoms with Crippen molar-refractivity contribution in [3.63, 3.8) is 0 Å². The minimum Gasteiger partial charge on any atom is -0.321 e. The van der Waals surface area contributed by atoms with Crippen LogP contribution in [-0.4, -0.2) is 10.5 Å². The molecule has 0 aliphatic rings. The zero-order valence-corrected chi connectivity index (χ0v) is 20.0. The lowest BCUT2D eigenvalue weighted by molar-refractivity contribution is -0.112. The van der Waals surface area contributed by atoms with Crippen LogP contribution in [0.4, 0.5) is 5.69 Å². The van der Waals surface area contributed by atoms with Gasteiger partial charge in [-0.1, -0.05) is 22.0 Å². The SMILES string of the molecule is Cc1cc(-n2c(C)cc(/C=C(\C#N)C(=O)Nc3cccc(Br)c3)c2C)ccc1I. The third-order valence-electron chi connectivity index (χ3n) is 4.62. The number of carbonyl (C=O) groups excluding carboxylic acids is 1. The summed E-state index contributed by atoms with van der Waals surface area (Å²) in [6.45, 7) is 6.10. The number of anilines is 1. The molecule has 0 aliphatic heterocycles. The maximum absolute atomic E-state index is 12.6. The van der Waals surface area contributed by atoms with Crippen molar-refractivity contribution < 1.29 is 4.79 Å². The molecule has 2 aromatic carbocycles. The van der Waals surface area contributed by atoms with Crippen molar-refractivity contribution in [3.05, 3.63) is 84.7 Å². The lowest BCUT2D eigenvalue weighted by atomic mass is 10.1. The largest absolute Gasteiger partial charge is 0.321 e. The molecule has 0 fully saturated rings. The summed E-state index contributed by atoms with van der Waals surface area (Å²) in [5, 5.41) is 12.3. The predicted molar refractivity (Wildman–Crippen MR) is 129 cm³/mol. The van der Waals surface area contributed by atoms with E-state index in [4.69, 9.17) is 0 Å². The molecular weight excluding hydrogens is 541 g/mol. The number of benzene rings is 2. The lowest BCUT2D eigenvalue weighted by Gasteiger charge is -2.11.